The lowest BCUT2D eigenvalue weighted by atomic mass is 10.0. The lowest BCUT2D eigenvalue weighted by molar-refractivity contribution is -0.120. The Morgan fingerprint density at radius 3 is 2.76 bits per heavy atom. The van der Waals surface area contributed by atoms with Crippen molar-refractivity contribution in [2.45, 2.75) is 39.2 Å². The third kappa shape index (κ3) is 2.63. The topological polar surface area (TPSA) is 79.5 Å². The molecule has 0 atom stereocenters. The molecule has 5 heteroatoms. The molecule has 1 fully saturated rings. The second kappa shape index (κ2) is 4.91. The maximum absolute atomic E-state index is 12.1. The number of aryl methyl sites for hydroxylation is 2. The average Bonchev–Trinajstić information content (AvgIpc) is 3.17. The molecule has 2 N–H and O–H groups in total. The summed E-state index contributed by atoms with van der Waals surface area (Å²) in [6, 6.07) is 3.57. The molecule has 3 rings (SSSR count). The maximum Gasteiger partial charge on any atom is 0.340 e. The van der Waals surface area contributed by atoms with Gasteiger partial charge in [-0.15, -0.1) is 0 Å². The summed E-state index contributed by atoms with van der Waals surface area (Å²) in [5, 5.41) is 13.4. The number of carbonyl (C=O) groups excluding carboxylic acids is 1. The van der Waals surface area contributed by atoms with Gasteiger partial charge in [0.25, 0.3) is 0 Å². The monoisotopic (exact) mass is 287 g/mol. The lowest BCUT2D eigenvalue weighted by Gasteiger charge is -2.10. The first-order chi connectivity index (χ1) is 9.95. The van der Waals surface area contributed by atoms with Crippen LogP contribution >= 0.6 is 0 Å². The Balaban J connectivity index is 2.06. The third-order valence-corrected chi connectivity index (χ3v) is 3.78. The molecular weight excluding hydrogens is 270 g/mol. The molecule has 0 aliphatic heterocycles. The van der Waals surface area contributed by atoms with Gasteiger partial charge < -0.3 is 14.8 Å². The van der Waals surface area contributed by atoms with Gasteiger partial charge in [-0.05, 0) is 49.9 Å². The Kier molecular flexibility index (Phi) is 3.20. The van der Waals surface area contributed by atoms with Gasteiger partial charge in [-0.25, -0.2) is 4.79 Å². The number of hydrogen-bond donors (Lipinski definition) is 2. The zero-order valence-electron chi connectivity index (χ0n) is 12.0. The number of phenols is 1. The zero-order chi connectivity index (χ0) is 15.1. The molecule has 0 spiro atoms. The quantitative estimate of drug-likeness (QED) is 0.845. The maximum atomic E-state index is 12.1. The number of rotatable bonds is 3. The minimum absolute atomic E-state index is 0.0199. The molecular formula is C16H17NO4. The van der Waals surface area contributed by atoms with E-state index in [0.29, 0.717) is 22.1 Å². The second-order valence-corrected chi connectivity index (χ2v) is 5.67. The fourth-order valence-electron chi connectivity index (χ4n) is 2.53. The van der Waals surface area contributed by atoms with Crippen molar-refractivity contribution in [3.05, 3.63) is 39.2 Å². The first kappa shape index (κ1) is 13.7. The van der Waals surface area contributed by atoms with Gasteiger partial charge >= 0.3 is 5.63 Å². The summed E-state index contributed by atoms with van der Waals surface area (Å²) in [6.07, 6.45) is 1.97. The molecule has 21 heavy (non-hydrogen) atoms. The van der Waals surface area contributed by atoms with Crippen LogP contribution in [0.2, 0.25) is 0 Å². The van der Waals surface area contributed by atoms with Crippen molar-refractivity contribution >= 4 is 16.9 Å². The van der Waals surface area contributed by atoms with Crippen LogP contribution in [0, 0.1) is 13.8 Å². The highest BCUT2D eigenvalue weighted by atomic mass is 16.4. The Hall–Kier alpha value is -2.30. The van der Waals surface area contributed by atoms with E-state index < -0.39 is 5.63 Å². The smallest absolute Gasteiger partial charge is 0.340 e. The number of fused-ring (bicyclic) bond motifs is 1. The van der Waals surface area contributed by atoms with E-state index in [1.165, 1.54) is 0 Å². The summed E-state index contributed by atoms with van der Waals surface area (Å²) in [5.41, 5.74) is 1.54. The number of phenolic OH excluding ortho intramolecular Hbond substituents is 1. The van der Waals surface area contributed by atoms with Gasteiger partial charge in [-0.3, -0.25) is 4.79 Å². The Morgan fingerprint density at radius 1 is 1.38 bits per heavy atom. The number of benzene rings is 1. The van der Waals surface area contributed by atoms with E-state index in [0.717, 1.165) is 18.4 Å². The van der Waals surface area contributed by atoms with Crippen LogP contribution in [0.3, 0.4) is 0 Å². The van der Waals surface area contributed by atoms with Gasteiger partial charge in [-0.2, -0.15) is 0 Å². The molecule has 2 aromatic rings. The van der Waals surface area contributed by atoms with Crippen molar-refractivity contribution in [2.75, 3.05) is 0 Å². The minimum Gasteiger partial charge on any atom is -0.507 e. The van der Waals surface area contributed by atoms with Crippen LogP contribution in [0.4, 0.5) is 0 Å². The fourth-order valence-corrected chi connectivity index (χ4v) is 2.53. The largest absolute Gasteiger partial charge is 0.507 e. The third-order valence-electron chi connectivity index (χ3n) is 3.78. The van der Waals surface area contributed by atoms with Crippen LogP contribution in [0.15, 0.2) is 21.3 Å². The summed E-state index contributed by atoms with van der Waals surface area (Å²) < 4.78 is 5.26. The van der Waals surface area contributed by atoms with E-state index in [-0.39, 0.29) is 24.1 Å². The van der Waals surface area contributed by atoms with Crippen molar-refractivity contribution in [1.82, 2.24) is 5.32 Å². The van der Waals surface area contributed by atoms with Crippen LogP contribution < -0.4 is 10.9 Å². The van der Waals surface area contributed by atoms with Crippen molar-refractivity contribution in [2.24, 2.45) is 0 Å². The molecule has 0 bridgehead atoms. The Labute approximate surface area is 121 Å². The van der Waals surface area contributed by atoms with Crippen molar-refractivity contribution in [3.63, 3.8) is 0 Å². The Bertz CT molecular complexity index is 787. The van der Waals surface area contributed by atoms with Crippen LogP contribution in [0.1, 0.15) is 29.5 Å². The molecule has 1 heterocycles. The molecule has 0 unspecified atom stereocenters. The predicted octanol–water partition coefficient (Wildman–Crippen LogP) is 1.94. The van der Waals surface area contributed by atoms with Crippen LogP contribution in [-0.4, -0.2) is 17.1 Å². The Morgan fingerprint density at radius 2 is 2.10 bits per heavy atom. The minimum atomic E-state index is -0.518. The van der Waals surface area contributed by atoms with Crippen LogP contribution in [0.25, 0.3) is 11.0 Å². The molecule has 1 aliphatic rings. The number of amides is 1. The molecule has 0 saturated heterocycles. The molecule has 110 valence electrons. The fraction of sp³-hybridized carbons (Fsp3) is 0.375. The molecule has 0 radical (unpaired) electrons. The van der Waals surface area contributed by atoms with Crippen molar-refractivity contribution in [1.29, 1.82) is 0 Å². The highest BCUT2D eigenvalue weighted by Crippen LogP contribution is 2.30. The van der Waals surface area contributed by atoms with Crippen molar-refractivity contribution < 1.29 is 14.3 Å². The van der Waals surface area contributed by atoms with E-state index in [2.05, 4.69) is 5.32 Å². The number of hydrogen-bond acceptors (Lipinski definition) is 4. The molecule has 5 nitrogen and oxygen atoms in total. The molecule has 1 amide bonds. The SMILES string of the molecule is Cc1cc(O)c2c(C)c(CC(=O)NC3CC3)c(=O)oc2c1. The lowest BCUT2D eigenvalue weighted by Crippen LogP contribution is -2.29. The van der Waals surface area contributed by atoms with E-state index in [1.54, 1.807) is 19.1 Å². The predicted molar refractivity (Wildman–Crippen MR) is 78.5 cm³/mol. The standard InChI is InChI=1S/C16H17NO4/c1-8-5-12(18)15-9(2)11(16(20)21-13(15)6-8)7-14(19)17-10-3-4-10/h5-6,10,18H,3-4,7H2,1-2H3,(H,17,19). The van der Waals surface area contributed by atoms with E-state index >= 15 is 0 Å². The normalized spacial score (nSPS) is 14.4. The first-order valence-corrected chi connectivity index (χ1v) is 7.01. The van der Waals surface area contributed by atoms with Gasteiger partial charge in [0, 0.05) is 6.04 Å². The summed E-state index contributed by atoms with van der Waals surface area (Å²) >= 11 is 0. The van der Waals surface area contributed by atoms with E-state index in [1.807, 2.05) is 6.92 Å². The highest BCUT2D eigenvalue weighted by Gasteiger charge is 2.24. The van der Waals surface area contributed by atoms with Crippen LogP contribution in [0.5, 0.6) is 5.75 Å². The summed E-state index contributed by atoms with van der Waals surface area (Å²) in [4.78, 5) is 24.0. The second-order valence-electron chi connectivity index (χ2n) is 5.67. The zero-order valence-corrected chi connectivity index (χ0v) is 12.0. The molecule has 1 aromatic carbocycles. The van der Waals surface area contributed by atoms with Gasteiger partial charge in [0.1, 0.15) is 11.3 Å². The molecule has 1 aliphatic carbocycles. The van der Waals surface area contributed by atoms with Gasteiger partial charge in [0.15, 0.2) is 0 Å². The highest BCUT2D eigenvalue weighted by molar-refractivity contribution is 5.89. The van der Waals surface area contributed by atoms with Crippen LogP contribution in [-0.2, 0) is 11.2 Å². The molecule has 1 aromatic heterocycles. The number of carbonyl (C=O) groups is 1. The summed E-state index contributed by atoms with van der Waals surface area (Å²) in [7, 11) is 0. The van der Waals surface area contributed by atoms with Gasteiger partial charge in [0.05, 0.1) is 17.4 Å². The summed E-state index contributed by atoms with van der Waals surface area (Å²) in [6.45, 7) is 3.54. The summed E-state index contributed by atoms with van der Waals surface area (Å²) in [5.74, 6) is -0.117. The number of aromatic hydroxyl groups is 1. The van der Waals surface area contributed by atoms with E-state index in [4.69, 9.17) is 4.42 Å². The first-order valence-electron chi connectivity index (χ1n) is 7.01. The van der Waals surface area contributed by atoms with Gasteiger partial charge in [0.2, 0.25) is 5.91 Å². The average molecular weight is 287 g/mol. The number of nitrogens with one attached hydrogen (secondary N) is 1. The van der Waals surface area contributed by atoms with Gasteiger partial charge in [-0.1, -0.05) is 0 Å². The van der Waals surface area contributed by atoms with Crippen molar-refractivity contribution in [3.8, 4) is 5.75 Å². The molecule has 1 saturated carbocycles. The van der Waals surface area contributed by atoms with E-state index in [9.17, 15) is 14.7 Å².